The summed E-state index contributed by atoms with van der Waals surface area (Å²) in [5, 5.41) is 0. The SMILES string of the molecule is CCC1CCC(c2ccc(C3=NC(=Cc4cccc(OC)c4)C(=O)O3)cc2)CC1. The molecule has 1 aliphatic carbocycles. The summed E-state index contributed by atoms with van der Waals surface area (Å²) in [5.41, 5.74) is 3.35. The third-order valence-electron chi connectivity index (χ3n) is 6.07. The lowest BCUT2D eigenvalue weighted by Gasteiger charge is -2.28. The Morgan fingerprint density at radius 1 is 1.10 bits per heavy atom. The Labute approximate surface area is 172 Å². The summed E-state index contributed by atoms with van der Waals surface area (Å²) >= 11 is 0. The third-order valence-corrected chi connectivity index (χ3v) is 6.07. The maximum atomic E-state index is 12.3. The van der Waals surface area contributed by atoms with Crippen molar-refractivity contribution in [2.75, 3.05) is 7.11 Å². The predicted octanol–water partition coefficient (Wildman–Crippen LogP) is 5.72. The highest BCUT2D eigenvalue weighted by atomic mass is 16.6. The number of nitrogens with zero attached hydrogens (tertiary/aromatic N) is 1. The van der Waals surface area contributed by atoms with E-state index in [0.29, 0.717) is 17.5 Å². The van der Waals surface area contributed by atoms with E-state index < -0.39 is 5.97 Å². The van der Waals surface area contributed by atoms with Gasteiger partial charge in [-0.2, -0.15) is 0 Å². The summed E-state index contributed by atoms with van der Waals surface area (Å²) < 4.78 is 10.6. The predicted molar refractivity (Wildman–Crippen MR) is 115 cm³/mol. The van der Waals surface area contributed by atoms with Crippen LogP contribution in [0.15, 0.2) is 59.2 Å². The van der Waals surface area contributed by atoms with Gasteiger partial charge in [-0.15, -0.1) is 0 Å². The molecule has 0 N–H and O–H groups in total. The van der Waals surface area contributed by atoms with Crippen LogP contribution < -0.4 is 4.74 Å². The number of aliphatic imine (C=N–C) groups is 1. The number of methoxy groups -OCH3 is 1. The molecule has 2 aromatic rings. The fourth-order valence-corrected chi connectivity index (χ4v) is 4.22. The number of cyclic esters (lactones) is 1. The Balaban J connectivity index is 1.49. The molecule has 1 saturated carbocycles. The second-order valence-corrected chi connectivity index (χ2v) is 7.86. The summed E-state index contributed by atoms with van der Waals surface area (Å²) in [6, 6.07) is 15.8. The van der Waals surface area contributed by atoms with Gasteiger partial charge in [0, 0.05) is 5.56 Å². The monoisotopic (exact) mass is 389 g/mol. The lowest BCUT2D eigenvalue weighted by atomic mass is 9.78. The molecule has 2 aliphatic rings. The average Bonchev–Trinajstić information content (AvgIpc) is 3.14. The number of esters is 1. The number of hydrogen-bond acceptors (Lipinski definition) is 4. The quantitative estimate of drug-likeness (QED) is 0.485. The van der Waals surface area contributed by atoms with Gasteiger partial charge >= 0.3 is 5.97 Å². The van der Waals surface area contributed by atoms with E-state index in [1.165, 1.54) is 37.7 Å². The summed E-state index contributed by atoms with van der Waals surface area (Å²) in [6.45, 7) is 2.29. The van der Waals surface area contributed by atoms with Gasteiger partial charge in [-0.25, -0.2) is 9.79 Å². The number of benzene rings is 2. The van der Waals surface area contributed by atoms with Gasteiger partial charge in [0.1, 0.15) is 5.75 Å². The minimum absolute atomic E-state index is 0.301. The minimum Gasteiger partial charge on any atom is -0.497 e. The van der Waals surface area contributed by atoms with E-state index in [0.717, 1.165) is 22.8 Å². The molecule has 1 aliphatic heterocycles. The molecule has 1 heterocycles. The zero-order valence-corrected chi connectivity index (χ0v) is 17.1. The summed E-state index contributed by atoms with van der Waals surface area (Å²) in [5.74, 6) is 2.21. The normalized spacial score (nSPS) is 23.0. The molecule has 0 bridgehead atoms. The molecule has 4 heteroatoms. The molecule has 4 nitrogen and oxygen atoms in total. The largest absolute Gasteiger partial charge is 0.497 e. The molecule has 0 atom stereocenters. The van der Waals surface area contributed by atoms with Crippen molar-refractivity contribution < 1.29 is 14.3 Å². The van der Waals surface area contributed by atoms with Gasteiger partial charge in [-0.1, -0.05) is 37.6 Å². The van der Waals surface area contributed by atoms with Crippen LogP contribution in [-0.2, 0) is 9.53 Å². The van der Waals surface area contributed by atoms with E-state index in [-0.39, 0.29) is 0 Å². The van der Waals surface area contributed by atoms with Gasteiger partial charge in [0.2, 0.25) is 5.90 Å². The Kier molecular flexibility index (Phi) is 5.79. The molecule has 0 amide bonds. The fourth-order valence-electron chi connectivity index (χ4n) is 4.22. The van der Waals surface area contributed by atoms with Gasteiger partial charge in [0.15, 0.2) is 5.70 Å². The van der Waals surface area contributed by atoms with Gasteiger partial charge < -0.3 is 9.47 Å². The second kappa shape index (κ2) is 8.64. The van der Waals surface area contributed by atoms with Crippen LogP contribution in [0.1, 0.15) is 61.6 Å². The van der Waals surface area contributed by atoms with E-state index in [1.807, 2.05) is 36.4 Å². The first kappa shape index (κ1) is 19.4. The van der Waals surface area contributed by atoms with Crippen molar-refractivity contribution >= 4 is 17.9 Å². The first-order chi connectivity index (χ1) is 14.2. The lowest BCUT2D eigenvalue weighted by molar-refractivity contribution is -0.129. The van der Waals surface area contributed by atoms with Crippen LogP contribution in [0.4, 0.5) is 0 Å². The van der Waals surface area contributed by atoms with E-state index in [2.05, 4.69) is 24.0 Å². The Morgan fingerprint density at radius 2 is 1.86 bits per heavy atom. The highest BCUT2D eigenvalue weighted by Gasteiger charge is 2.25. The van der Waals surface area contributed by atoms with E-state index in [9.17, 15) is 4.79 Å². The van der Waals surface area contributed by atoms with Crippen molar-refractivity contribution in [3.63, 3.8) is 0 Å². The van der Waals surface area contributed by atoms with Crippen molar-refractivity contribution in [1.82, 2.24) is 0 Å². The molecule has 0 radical (unpaired) electrons. The van der Waals surface area contributed by atoms with Gasteiger partial charge in [-0.3, -0.25) is 0 Å². The zero-order chi connectivity index (χ0) is 20.2. The standard InChI is InChI=1S/C25H27NO3/c1-3-17-7-9-19(10-8-17)20-11-13-21(14-12-20)24-26-23(25(27)29-24)16-18-5-4-6-22(15-18)28-2/h4-6,11-17,19H,3,7-10H2,1-2H3. The minimum atomic E-state index is -0.426. The van der Waals surface area contributed by atoms with Crippen molar-refractivity contribution in [2.24, 2.45) is 10.9 Å². The maximum Gasteiger partial charge on any atom is 0.363 e. The molecule has 150 valence electrons. The highest BCUT2D eigenvalue weighted by Crippen LogP contribution is 2.37. The molecule has 0 spiro atoms. The number of rotatable bonds is 5. The molecule has 2 aromatic carbocycles. The van der Waals surface area contributed by atoms with E-state index >= 15 is 0 Å². The molecule has 0 aromatic heterocycles. The summed E-state index contributed by atoms with van der Waals surface area (Å²) in [7, 11) is 1.62. The van der Waals surface area contributed by atoms with Crippen molar-refractivity contribution in [3.05, 3.63) is 70.9 Å². The van der Waals surface area contributed by atoms with Crippen LogP contribution in [0.5, 0.6) is 5.75 Å². The third kappa shape index (κ3) is 4.42. The second-order valence-electron chi connectivity index (χ2n) is 7.86. The Hall–Kier alpha value is -2.88. The number of hydrogen-bond donors (Lipinski definition) is 0. The molecule has 4 rings (SSSR count). The first-order valence-corrected chi connectivity index (χ1v) is 10.4. The molecule has 0 saturated heterocycles. The number of carbonyl (C=O) groups excluding carboxylic acids is 1. The first-order valence-electron chi connectivity index (χ1n) is 10.4. The lowest BCUT2D eigenvalue weighted by Crippen LogP contribution is -2.13. The van der Waals surface area contributed by atoms with Crippen LogP contribution in [-0.4, -0.2) is 19.0 Å². The molecule has 1 fully saturated rings. The number of carbonyl (C=O) groups is 1. The maximum absolute atomic E-state index is 12.3. The van der Waals surface area contributed by atoms with Crippen molar-refractivity contribution in [3.8, 4) is 5.75 Å². The van der Waals surface area contributed by atoms with Crippen LogP contribution in [0, 0.1) is 5.92 Å². The molecule has 29 heavy (non-hydrogen) atoms. The highest BCUT2D eigenvalue weighted by molar-refractivity contribution is 6.12. The fraction of sp³-hybridized carbons (Fsp3) is 0.360. The molecule has 0 unspecified atom stereocenters. The topological polar surface area (TPSA) is 47.9 Å². The summed E-state index contributed by atoms with van der Waals surface area (Å²) in [6.07, 6.45) is 8.20. The van der Waals surface area contributed by atoms with Gasteiger partial charge in [0.05, 0.1) is 7.11 Å². The molecular weight excluding hydrogens is 362 g/mol. The average molecular weight is 389 g/mol. The van der Waals surface area contributed by atoms with E-state index in [4.69, 9.17) is 9.47 Å². The van der Waals surface area contributed by atoms with Crippen molar-refractivity contribution in [2.45, 2.75) is 44.9 Å². The zero-order valence-electron chi connectivity index (χ0n) is 17.1. The van der Waals surface area contributed by atoms with Gasteiger partial charge in [-0.05, 0) is 79.0 Å². The molecular formula is C25H27NO3. The van der Waals surface area contributed by atoms with Crippen molar-refractivity contribution in [1.29, 1.82) is 0 Å². The summed E-state index contributed by atoms with van der Waals surface area (Å²) in [4.78, 5) is 16.7. The smallest absolute Gasteiger partial charge is 0.363 e. The van der Waals surface area contributed by atoms with Gasteiger partial charge in [0.25, 0.3) is 0 Å². The van der Waals surface area contributed by atoms with Crippen LogP contribution >= 0.6 is 0 Å². The van der Waals surface area contributed by atoms with Crippen LogP contribution in [0.2, 0.25) is 0 Å². The van der Waals surface area contributed by atoms with Crippen LogP contribution in [0.25, 0.3) is 6.08 Å². The Morgan fingerprint density at radius 3 is 2.55 bits per heavy atom. The van der Waals surface area contributed by atoms with Crippen LogP contribution in [0.3, 0.4) is 0 Å². The number of ether oxygens (including phenoxy) is 2. The van der Waals surface area contributed by atoms with E-state index in [1.54, 1.807) is 13.2 Å². The Bertz CT molecular complexity index is 935.